The van der Waals surface area contributed by atoms with Crippen molar-refractivity contribution in [1.29, 1.82) is 0 Å². The molecule has 12 nitrogen and oxygen atoms in total. The van der Waals surface area contributed by atoms with Crippen LogP contribution in [-0.2, 0) is 19.2 Å². The highest BCUT2D eigenvalue weighted by Gasteiger charge is 2.62. The lowest BCUT2D eigenvalue weighted by atomic mass is 9.57. The van der Waals surface area contributed by atoms with Gasteiger partial charge in [-0.1, -0.05) is 48.0 Å². The number of amides is 4. The van der Waals surface area contributed by atoms with Crippen molar-refractivity contribution < 1.29 is 37.9 Å². The molecule has 0 spiro atoms. The summed E-state index contributed by atoms with van der Waals surface area (Å²) < 4.78 is 17.5. The van der Waals surface area contributed by atoms with Crippen molar-refractivity contribution in [3.05, 3.63) is 139 Å². The summed E-state index contributed by atoms with van der Waals surface area (Å²) in [7, 11) is 0. The maximum absolute atomic E-state index is 14.7. The number of carbonyl (C=O) groups excluding carboxylic acids is 4. The number of fused-ring (bicyclic) bond motifs is 6. The van der Waals surface area contributed by atoms with E-state index in [1.807, 2.05) is 66.7 Å². The summed E-state index contributed by atoms with van der Waals surface area (Å²) in [6, 6.07) is 36.4. The molecule has 2 saturated heterocycles. The highest BCUT2D eigenvalue weighted by atomic mass is 16.5. The molecule has 6 unspecified atom stereocenters. The molecule has 7 aromatic rings. The highest BCUT2D eigenvalue weighted by molar-refractivity contribution is 6.24. The molecule has 12 heteroatoms. The predicted molar refractivity (Wildman–Crippen MR) is 220 cm³/mol. The molecule has 4 amide bonds. The summed E-state index contributed by atoms with van der Waals surface area (Å²) in [5, 5.41) is 9.31. The van der Waals surface area contributed by atoms with Crippen LogP contribution in [0.3, 0.4) is 0 Å². The van der Waals surface area contributed by atoms with Crippen molar-refractivity contribution in [2.45, 2.75) is 18.8 Å². The van der Waals surface area contributed by atoms with Gasteiger partial charge in [-0.2, -0.15) is 0 Å². The fourth-order valence-electron chi connectivity index (χ4n) is 9.90. The molecule has 2 aliphatic carbocycles. The van der Waals surface area contributed by atoms with Crippen LogP contribution in [0.1, 0.15) is 24.3 Å². The van der Waals surface area contributed by atoms with E-state index >= 15 is 0 Å². The topological polar surface area (TPSA) is 156 Å². The zero-order chi connectivity index (χ0) is 40.6. The predicted octanol–water partition coefficient (Wildman–Crippen LogP) is 7.72. The van der Waals surface area contributed by atoms with Gasteiger partial charge in [0.1, 0.15) is 23.4 Å². The van der Waals surface area contributed by atoms with Crippen molar-refractivity contribution in [2.24, 2.45) is 29.6 Å². The third kappa shape index (κ3) is 5.62. The SMILES string of the molecule is O=C1C2CC=C3C(CC4C(=O)N(c5ccc(-c6nc7ccccc7o6)cc5)C(=O)C4C3c3ccc(OCCO)cc3)C2C(=O)N1c1ccc(-c2nc3ccccc3o2)cc1. The Labute approximate surface area is 342 Å². The molecule has 60 heavy (non-hydrogen) atoms. The second-order valence-corrected chi connectivity index (χ2v) is 15.8. The molecule has 0 bridgehead atoms. The monoisotopic (exact) mass is 796 g/mol. The Morgan fingerprint density at radius 2 is 1.13 bits per heavy atom. The van der Waals surface area contributed by atoms with Crippen LogP contribution in [0.2, 0.25) is 0 Å². The fourth-order valence-corrected chi connectivity index (χ4v) is 9.90. The van der Waals surface area contributed by atoms with Gasteiger partial charge in [-0.15, -0.1) is 0 Å². The van der Waals surface area contributed by atoms with E-state index in [2.05, 4.69) is 9.97 Å². The number of nitrogens with zero attached hydrogens (tertiary/aromatic N) is 4. The normalized spacial score (nSPS) is 23.6. The molecule has 11 rings (SSSR count). The molecule has 1 saturated carbocycles. The fraction of sp³-hybridized carbons (Fsp3) is 0.208. The van der Waals surface area contributed by atoms with Gasteiger partial charge in [0.05, 0.1) is 41.7 Å². The van der Waals surface area contributed by atoms with Crippen LogP contribution < -0.4 is 14.5 Å². The van der Waals surface area contributed by atoms with Crippen molar-refractivity contribution >= 4 is 57.2 Å². The van der Waals surface area contributed by atoms with Gasteiger partial charge < -0.3 is 18.7 Å². The number of anilines is 2. The third-order valence-electron chi connectivity index (χ3n) is 12.6. The lowest BCUT2D eigenvalue weighted by Crippen LogP contribution is -2.43. The van der Waals surface area contributed by atoms with E-state index in [1.165, 1.54) is 9.80 Å². The molecule has 3 fully saturated rings. The van der Waals surface area contributed by atoms with E-state index in [0.29, 0.717) is 57.6 Å². The second kappa shape index (κ2) is 14.0. The van der Waals surface area contributed by atoms with E-state index in [0.717, 1.165) is 22.2 Å². The zero-order valence-corrected chi connectivity index (χ0v) is 32.0. The van der Waals surface area contributed by atoms with E-state index in [1.54, 1.807) is 60.7 Å². The van der Waals surface area contributed by atoms with Crippen molar-refractivity contribution in [1.82, 2.24) is 9.97 Å². The number of aromatic nitrogens is 2. The minimum absolute atomic E-state index is 0.128. The smallest absolute Gasteiger partial charge is 0.238 e. The maximum Gasteiger partial charge on any atom is 0.238 e. The maximum atomic E-state index is 14.7. The number of ether oxygens (including phenoxy) is 1. The Morgan fingerprint density at radius 3 is 1.68 bits per heavy atom. The van der Waals surface area contributed by atoms with E-state index in [9.17, 15) is 24.3 Å². The van der Waals surface area contributed by atoms with Crippen LogP contribution in [0, 0.1) is 29.6 Å². The van der Waals surface area contributed by atoms with Crippen LogP contribution in [-0.4, -0.2) is 51.9 Å². The Balaban J connectivity index is 0.921. The minimum atomic E-state index is -0.738. The van der Waals surface area contributed by atoms with Crippen molar-refractivity contribution in [2.75, 3.05) is 23.0 Å². The number of para-hydroxylation sites is 4. The summed E-state index contributed by atoms with van der Waals surface area (Å²) in [6.07, 6.45) is 2.61. The average molecular weight is 797 g/mol. The van der Waals surface area contributed by atoms with Gasteiger partial charge in [0.15, 0.2) is 11.2 Å². The first-order valence-corrected chi connectivity index (χ1v) is 20.1. The molecular weight excluding hydrogens is 761 g/mol. The van der Waals surface area contributed by atoms with Crippen LogP contribution in [0.25, 0.3) is 45.1 Å². The number of benzene rings is 5. The van der Waals surface area contributed by atoms with Crippen molar-refractivity contribution in [3.8, 4) is 28.7 Å². The van der Waals surface area contributed by atoms with Crippen LogP contribution in [0.4, 0.5) is 11.4 Å². The van der Waals surface area contributed by atoms with E-state index in [4.69, 9.17) is 13.6 Å². The first-order chi connectivity index (χ1) is 29.4. The summed E-state index contributed by atoms with van der Waals surface area (Å²) in [5.41, 5.74) is 6.75. The van der Waals surface area contributed by atoms with E-state index in [-0.39, 0.29) is 43.3 Å². The molecule has 4 aliphatic rings. The van der Waals surface area contributed by atoms with Gasteiger partial charge in [-0.25, -0.2) is 9.97 Å². The highest BCUT2D eigenvalue weighted by Crippen LogP contribution is 2.58. The second-order valence-electron chi connectivity index (χ2n) is 15.8. The zero-order valence-electron chi connectivity index (χ0n) is 32.0. The Bertz CT molecular complexity index is 2830. The minimum Gasteiger partial charge on any atom is -0.491 e. The molecule has 4 heterocycles. The molecule has 296 valence electrons. The quantitative estimate of drug-likeness (QED) is 0.119. The number of aliphatic hydroxyl groups excluding tert-OH is 1. The molecular formula is C48H36N4O8. The number of rotatable bonds is 8. The molecule has 1 N–H and O–H groups in total. The van der Waals surface area contributed by atoms with Crippen molar-refractivity contribution in [3.63, 3.8) is 0 Å². The molecule has 6 atom stereocenters. The number of allylic oxidation sites excluding steroid dienone is 2. The van der Waals surface area contributed by atoms with E-state index < -0.39 is 35.5 Å². The number of aliphatic hydroxyl groups is 1. The number of imide groups is 2. The summed E-state index contributed by atoms with van der Waals surface area (Å²) in [6.45, 7) is -0.0110. The van der Waals surface area contributed by atoms with Gasteiger partial charge >= 0.3 is 0 Å². The molecule has 2 aromatic heterocycles. The van der Waals surface area contributed by atoms with Gasteiger partial charge in [0.2, 0.25) is 35.4 Å². The number of hydrogen-bond acceptors (Lipinski definition) is 10. The third-order valence-corrected chi connectivity index (χ3v) is 12.6. The lowest BCUT2D eigenvalue weighted by molar-refractivity contribution is -0.126. The van der Waals surface area contributed by atoms with Gasteiger partial charge in [0, 0.05) is 17.0 Å². The summed E-state index contributed by atoms with van der Waals surface area (Å²) >= 11 is 0. The number of oxazole rings is 2. The number of carbonyl (C=O) groups is 4. The summed E-state index contributed by atoms with van der Waals surface area (Å²) in [5.74, 6) is -3.63. The van der Waals surface area contributed by atoms with Crippen LogP contribution in [0.15, 0.2) is 142 Å². The van der Waals surface area contributed by atoms with Gasteiger partial charge in [-0.3, -0.25) is 29.0 Å². The Hall–Kier alpha value is -7.18. The first-order valence-electron chi connectivity index (χ1n) is 20.1. The largest absolute Gasteiger partial charge is 0.491 e. The standard InChI is InChI=1S/C48H36N4O8/c53-23-24-58-31-19-13-26(14-20-31)40-32-21-22-33-41(47(56)51(45(33)54)29-15-9-27(10-16-29)43-49-36-5-1-3-7-38(36)59-43)34(32)25-35-42(40)48(57)52(46(35)55)30-17-11-28(12-18-30)44-50-37-6-2-4-8-39(37)60-44/h1-21,33-35,40-42,53H,22-25H2. The lowest BCUT2D eigenvalue weighted by Gasteiger charge is -2.44. The average Bonchev–Trinajstić information content (AvgIpc) is 4.04. The Morgan fingerprint density at radius 1 is 0.600 bits per heavy atom. The first kappa shape index (κ1) is 35.9. The molecule has 0 radical (unpaired) electrons. The van der Waals surface area contributed by atoms with Gasteiger partial charge in [0.25, 0.3) is 0 Å². The Kier molecular flexibility index (Phi) is 8.38. The van der Waals surface area contributed by atoms with Crippen LogP contribution >= 0.6 is 0 Å². The summed E-state index contributed by atoms with van der Waals surface area (Å²) in [4.78, 5) is 69.9. The number of hydrogen-bond donors (Lipinski definition) is 1. The molecule has 2 aliphatic heterocycles. The molecule has 5 aromatic carbocycles. The van der Waals surface area contributed by atoms with Gasteiger partial charge in [-0.05, 0) is 109 Å². The van der Waals surface area contributed by atoms with Crippen LogP contribution in [0.5, 0.6) is 5.75 Å².